The molecule has 0 bridgehead atoms. The summed E-state index contributed by atoms with van der Waals surface area (Å²) in [6.45, 7) is 0. The van der Waals surface area contributed by atoms with E-state index < -0.39 is 0 Å². The van der Waals surface area contributed by atoms with Crippen molar-refractivity contribution in [2.75, 3.05) is 4.90 Å². The first kappa shape index (κ1) is 27.1. The predicted molar refractivity (Wildman–Crippen MR) is 190 cm³/mol. The number of nitrogens with zero attached hydrogens (tertiary/aromatic N) is 3. The number of hydrogen-bond acceptors (Lipinski definition) is 1. The zero-order chi connectivity index (χ0) is 31.5. The molecule has 9 rings (SSSR count). The molecule has 0 amide bonds. The quantitative estimate of drug-likeness (QED) is 0.189. The van der Waals surface area contributed by atoms with E-state index in [1.807, 2.05) is 78.9 Å². The molecular weight excluding hydrogens is 584 g/mol. The lowest BCUT2D eigenvalue weighted by molar-refractivity contribution is 0.629. The van der Waals surface area contributed by atoms with Crippen molar-refractivity contribution < 1.29 is 8.78 Å². The van der Waals surface area contributed by atoms with Crippen molar-refractivity contribution in [3.8, 4) is 11.4 Å². The zero-order valence-corrected chi connectivity index (χ0v) is 25.2. The van der Waals surface area contributed by atoms with E-state index in [-0.39, 0.29) is 11.6 Å². The number of para-hydroxylation sites is 4. The number of aromatic nitrogens is 2. The van der Waals surface area contributed by atoms with Gasteiger partial charge in [0.1, 0.15) is 11.6 Å². The van der Waals surface area contributed by atoms with Gasteiger partial charge in [-0.1, -0.05) is 72.8 Å². The molecule has 0 N–H and O–H groups in total. The Balaban J connectivity index is 1.44. The van der Waals surface area contributed by atoms with Crippen LogP contribution in [-0.4, -0.2) is 9.13 Å². The third kappa shape index (κ3) is 4.24. The van der Waals surface area contributed by atoms with E-state index in [1.165, 1.54) is 12.1 Å². The monoisotopic (exact) mass is 611 g/mol. The summed E-state index contributed by atoms with van der Waals surface area (Å²) in [7, 11) is 0. The molecule has 5 heteroatoms. The molecule has 3 nitrogen and oxygen atoms in total. The van der Waals surface area contributed by atoms with Crippen LogP contribution in [0.3, 0.4) is 0 Å². The summed E-state index contributed by atoms with van der Waals surface area (Å²) >= 11 is 0. The van der Waals surface area contributed by atoms with Crippen LogP contribution in [-0.2, 0) is 0 Å². The summed E-state index contributed by atoms with van der Waals surface area (Å²) < 4.78 is 34.1. The molecule has 0 aliphatic rings. The average molecular weight is 612 g/mol. The van der Waals surface area contributed by atoms with Crippen molar-refractivity contribution >= 4 is 60.7 Å². The van der Waals surface area contributed by atoms with E-state index in [1.54, 1.807) is 12.1 Å². The van der Waals surface area contributed by atoms with Crippen molar-refractivity contribution in [3.63, 3.8) is 0 Å². The summed E-state index contributed by atoms with van der Waals surface area (Å²) in [5, 5.41) is 3.93. The third-order valence-electron chi connectivity index (χ3n) is 8.99. The standard InChI is InChI=1S/C42H27F2N3/c43-28-22-24-33-34-18-10-21-38(42(34)47(39(33)26-28)32-16-8-3-9-17-32)45(30-12-4-1-5-13-30)36-19-11-20-37-41(36)35-25-23-29(44)27-40(35)46(37)31-14-6-2-7-15-31/h1-27H. The topological polar surface area (TPSA) is 13.1 Å². The van der Waals surface area contributed by atoms with E-state index in [2.05, 4.69) is 74.7 Å². The molecule has 224 valence electrons. The van der Waals surface area contributed by atoms with E-state index in [0.717, 1.165) is 72.0 Å². The van der Waals surface area contributed by atoms with E-state index in [9.17, 15) is 8.78 Å². The first-order chi connectivity index (χ1) is 23.2. The van der Waals surface area contributed by atoms with Gasteiger partial charge in [0.15, 0.2) is 0 Å². The van der Waals surface area contributed by atoms with Gasteiger partial charge in [0.2, 0.25) is 0 Å². The summed E-state index contributed by atoms with van der Waals surface area (Å²) in [6, 6.07) is 53.0. The number of fused-ring (bicyclic) bond motifs is 6. The highest BCUT2D eigenvalue weighted by Gasteiger charge is 2.25. The molecule has 0 aliphatic carbocycles. The van der Waals surface area contributed by atoms with Crippen LogP contribution in [0.1, 0.15) is 0 Å². The molecule has 7 aromatic carbocycles. The molecule has 9 aromatic rings. The van der Waals surface area contributed by atoms with Crippen LogP contribution >= 0.6 is 0 Å². The summed E-state index contributed by atoms with van der Waals surface area (Å²) in [6.07, 6.45) is 0. The molecule has 2 heterocycles. The van der Waals surface area contributed by atoms with Gasteiger partial charge in [-0.05, 0) is 91.0 Å². The average Bonchev–Trinajstić information content (AvgIpc) is 3.62. The Morgan fingerprint density at radius 2 is 0.957 bits per heavy atom. The lowest BCUT2D eigenvalue weighted by Crippen LogP contribution is -2.12. The Kier molecular flexibility index (Phi) is 6.18. The summed E-state index contributed by atoms with van der Waals surface area (Å²) in [5.74, 6) is -0.576. The number of rotatable bonds is 5. The fourth-order valence-electron chi connectivity index (χ4n) is 7.10. The number of hydrogen-bond donors (Lipinski definition) is 0. The normalized spacial score (nSPS) is 11.6. The molecular formula is C42H27F2N3. The number of anilines is 3. The lowest BCUT2D eigenvalue weighted by atomic mass is 10.1. The zero-order valence-electron chi connectivity index (χ0n) is 25.2. The van der Waals surface area contributed by atoms with E-state index >= 15 is 0 Å². The van der Waals surface area contributed by atoms with Crippen LogP contribution in [0.5, 0.6) is 0 Å². The van der Waals surface area contributed by atoms with Gasteiger partial charge in [-0.25, -0.2) is 8.78 Å². The van der Waals surface area contributed by atoms with Crippen molar-refractivity contribution in [1.29, 1.82) is 0 Å². The highest BCUT2D eigenvalue weighted by atomic mass is 19.1. The molecule has 0 aliphatic heterocycles. The molecule has 0 atom stereocenters. The van der Waals surface area contributed by atoms with Gasteiger partial charge >= 0.3 is 0 Å². The molecule has 2 aromatic heterocycles. The first-order valence-corrected chi connectivity index (χ1v) is 15.6. The van der Waals surface area contributed by atoms with Gasteiger partial charge in [0.25, 0.3) is 0 Å². The Labute approximate surface area is 269 Å². The molecule has 0 saturated carbocycles. The second-order valence-electron chi connectivity index (χ2n) is 11.7. The highest BCUT2D eigenvalue weighted by Crippen LogP contribution is 2.47. The molecule has 0 unspecified atom stereocenters. The number of benzene rings is 7. The van der Waals surface area contributed by atoms with Crippen LogP contribution in [0.4, 0.5) is 25.8 Å². The first-order valence-electron chi connectivity index (χ1n) is 15.6. The second kappa shape index (κ2) is 10.7. The van der Waals surface area contributed by atoms with Crippen LogP contribution in [0.2, 0.25) is 0 Å². The summed E-state index contributed by atoms with van der Waals surface area (Å²) in [4.78, 5) is 2.28. The second-order valence-corrected chi connectivity index (χ2v) is 11.7. The molecule has 0 radical (unpaired) electrons. The Bertz CT molecular complexity index is 2590. The van der Waals surface area contributed by atoms with Crippen molar-refractivity contribution in [1.82, 2.24) is 9.13 Å². The van der Waals surface area contributed by atoms with Crippen LogP contribution in [0.25, 0.3) is 55.0 Å². The van der Waals surface area contributed by atoms with Crippen LogP contribution in [0.15, 0.2) is 164 Å². The molecule has 0 spiro atoms. The fraction of sp³-hybridized carbons (Fsp3) is 0. The lowest BCUT2D eigenvalue weighted by Gasteiger charge is -2.28. The van der Waals surface area contributed by atoms with Crippen LogP contribution < -0.4 is 4.90 Å². The number of halogens is 2. The van der Waals surface area contributed by atoms with Gasteiger partial charge in [0.05, 0.1) is 33.4 Å². The van der Waals surface area contributed by atoms with Gasteiger partial charge < -0.3 is 14.0 Å². The van der Waals surface area contributed by atoms with E-state index in [4.69, 9.17) is 0 Å². The molecule has 47 heavy (non-hydrogen) atoms. The van der Waals surface area contributed by atoms with Crippen molar-refractivity contribution in [2.45, 2.75) is 0 Å². The molecule has 0 saturated heterocycles. The molecule has 0 fully saturated rings. The smallest absolute Gasteiger partial charge is 0.125 e. The Hall–Kier alpha value is -6.20. The predicted octanol–water partition coefficient (Wildman–Crippen LogP) is 11.6. The van der Waals surface area contributed by atoms with Gasteiger partial charge in [-0.15, -0.1) is 0 Å². The maximum atomic E-state index is 14.9. The fourth-order valence-corrected chi connectivity index (χ4v) is 7.10. The minimum absolute atomic E-state index is 0.287. The van der Waals surface area contributed by atoms with Gasteiger partial charge in [-0.3, -0.25) is 0 Å². The van der Waals surface area contributed by atoms with Crippen molar-refractivity contribution in [2.24, 2.45) is 0 Å². The Morgan fingerprint density at radius 3 is 1.64 bits per heavy atom. The minimum atomic E-state index is -0.289. The van der Waals surface area contributed by atoms with E-state index in [0.29, 0.717) is 0 Å². The SMILES string of the molecule is Fc1ccc2c3c(N(c4ccccc4)c4cccc5c6ccc(F)cc6n(-c6ccccc6)c45)cccc3n(-c3ccccc3)c2c1. The van der Waals surface area contributed by atoms with Gasteiger partial charge in [-0.2, -0.15) is 0 Å². The third-order valence-corrected chi connectivity index (χ3v) is 8.99. The van der Waals surface area contributed by atoms with Gasteiger partial charge in [0, 0.05) is 38.6 Å². The van der Waals surface area contributed by atoms with Crippen LogP contribution in [0, 0.1) is 11.6 Å². The minimum Gasteiger partial charge on any atom is -0.309 e. The Morgan fingerprint density at radius 1 is 0.404 bits per heavy atom. The largest absolute Gasteiger partial charge is 0.309 e. The maximum absolute atomic E-state index is 14.9. The van der Waals surface area contributed by atoms with Crippen molar-refractivity contribution in [3.05, 3.63) is 175 Å². The maximum Gasteiger partial charge on any atom is 0.125 e. The summed E-state index contributed by atoms with van der Waals surface area (Å²) in [5.41, 5.74) is 8.24. The highest BCUT2D eigenvalue weighted by molar-refractivity contribution is 6.19.